The summed E-state index contributed by atoms with van der Waals surface area (Å²) in [5.74, 6) is -1.12. The van der Waals surface area contributed by atoms with Gasteiger partial charge in [-0.3, -0.25) is 4.79 Å². The molecule has 0 heterocycles. The van der Waals surface area contributed by atoms with Crippen molar-refractivity contribution in [2.24, 2.45) is 0 Å². The van der Waals surface area contributed by atoms with Crippen molar-refractivity contribution >= 4 is 11.9 Å². The number of carbonyl (C=O) groups excluding carboxylic acids is 2. The highest BCUT2D eigenvalue weighted by atomic mass is 17.0. The summed E-state index contributed by atoms with van der Waals surface area (Å²) in [5, 5.41) is 0.604. The lowest BCUT2D eigenvalue weighted by Gasteiger charge is -2.18. The average Bonchev–Trinajstić information content (AvgIpc) is 2.28. The second-order valence-electron chi connectivity index (χ2n) is 3.43. The molecule has 0 N–H and O–H groups in total. The van der Waals surface area contributed by atoms with Crippen molar-refractivity contribution in [3.8, 4) is 0 Å². The lowest BCUT2D eigenvalue weighted by molar-refractivity contribution is -0.304. The van der Waals surface area contributed by atoms with Crippen LogP contribution in [0.15, 0.2) is 24.3 Å². The number of nitrogens with zero attached hydrogens (tertiary/aromatic N) is 1. The lowest BCUT2D eigenvalue weighted by Crippen LogP contribution is -2.33. The summed E-state index contributed by atoms with van der Waals surface area (Å²) < 4.78 is 0. The SMILES string of the molecule is CCON(OC(C)=O)C(=O)c1ccc(C)cc1. The third-order valence-corrected chi connectivity index (χ3v) is 1.92. The third-order valence-electron chi connectivity index (χ3n) is 1.92. The molecule has 1 aromatic carbocycles. The summed E-state index contributed by atoms with van der Waals surface area (Å²) in [5.41, 5.74) is 1.43. The fourth-order valence-corrected chi connectivity index (χ4v) is 1.16. The largest absolute Gasteiger partial charge is 0.332 e. The smallest absolute Gasteiger partial charge is 0.312 e. The number of rotatable bonds is 3. The first kappa shape index (κ1) is 13.2. The predicted octanol–water partition coefficient (Wildman–Crippen LogP) is 1.87. The topological polar surface area (TPSA) is 55.8 Å². The summed E-state index contributed by atoms with van der Waals surface area (Å²) in [6.45, 7) is 5.04. The molecule has 5 nitrogen and oxygen atoms in total. The molecule has 0 saturated carbocycles. The molecule has 0 fully saturated rings. The van der Waals surface area contributed by atoms with E-state index in [1.165, 1.54) is 6.92 Å². The van der Waals surface area contributed by atoms with Gasteiger partial charge < -0.3 is 4.84 Å². The molecule has 92 valence electrons. The van der Waals surface area contributed by atoms with Crippen LogP contribution < -0.4 is 0 Å². The Hall–Kier alpha value is -1.88. The van der Waals surface area contributed by atoms with E-state index >= 15 is 0 Å². The number of benzene rings is 1. The Morgan fingerprint density at radius 1 is 1.24 bits per heavy atom. The molecule has 0 aliphatic heterocycles. The van der Waals surface area contributed by atoms with Crippen LogP contribution in [-0.4, -0.2) is 23.7 Å². The van der Waals surface area contributed by atoms with Gasteiger partial charge in [0.25, 0.3) is 0 Å². The standard InChI is InChI=1S/C12H15NO4/c1-4-16-13(17-10(3)14)12(15)11-7-5-9(2)6-8-11/h5-8H,4H2,1-3H3. The maximum absolute atomic E-state index is 11.9. The minimum atomic E-state index is -0.612. The predicted molar refractivity (Wildman–Crippen MR) is 60.7 cm³/mol. The molecule has 1 rings (SSSR count). The Morgan fingerprint density at radius 2 is 1.82 bits per heavy atom. The van der Waals surface area contributed by atoms with Gasteiger partial charge in [-0.05, 0) is 31.2 Å². The Morgan fingerprint density at radius 3 is 2.29 bits per heavy atom. The van der Waals surface area contributed by atoms with Gasteiger partial charge >= 0.3 is 11.9 Å². The number of hydroxylamine groups is 2. The van der Waals surface area contributed by atoms with E-state index in [2.05, 4.69) is 4.84 Å². The van der Waals surface area contributed by atoms with Crippen molar-refractivity contribution in [2.45, 2.75) is 20.8 Å². The Kier molecular flexibility index (Phi) is 4.66. The van der Waals surface area contributed by atoms with Crippen molar-refractivity contribution in [3.63, 3.8) is 0 Å². The molecule has 0 radical (unpaired) electrons. The molecule has 17 heavy (non-hydrogen) atoms. The Balaban J connectivity index is 2.83. The van der Waals surface area contributed by atoms with E-state index in [1.54, 1.807) is 31.2 Å². The van der Waals surface area contributed by atoms with Crippen LogP contribution in [0.2, 0.25) is 0 Å². The van der Waals surface area contributed by atoms with Crippen LogP contribution in [0.25, 0.3) is 0 Å². The first-order valence-electron chi connectivity index (χ1n) is 5.27. The summed E-state index contributed by atoms with van der Waals surface area (Å²) in [6.07, 6.45) is 0. The molecule has 0 bridgehead atoms. The molecular weight excluding hydrogens is 222 g/mol. The van der Waals surface area contributed by atoms with Crippen LogP contribution in [0, 0.1) is 6.92 Å². The van der Waals surface area contributed by atoms with Gasteiger partial charge in [-0.2, -0.15) is 0 Å². The van der Waals surface area contributed by atoms with Gasteiger partial charge in [-0.15, -0.1) is 0 Å². The zero-order chi connectivity index (χ0) is 12.8. The Labute approximate surface area is 99.8 Å². The minimum Gasteiger partial charge on any atom is -0.312 e. The molecule has 1 aromatic rings. The van der Waals surface area contributed by atoms with Gasteiger partial charge in [-0.25, -0.2) is 9.63 Å². The number of carbonyl (C=O) groups is 2. The molecule has 0 atom stereocenters. The molecule has 5 heteroatoms. The van der Waals surface area contributed by atoms with E-state index in [1.807, 2.05) is 6.92 Å². The fourth-order valence-electron chi connectivity index (χ4n) is 1.16. The normalized spacial score (nSPS) is 9.82. The number of hydrogen-bond acceptors (Lipinski definition) is 4. The maximum Gasteiger partial charge on any atom is 0.332 e. The lowest BCUT2D eigenvalue weighted by atomic mass is 10.1. The number of hydrogen-bond donors (Lipinski definition) is 0. The van der Waals surface area contributed by atoms with Gasteiger partial charge in [-0.1, -0.05) is 17.7 Å². The molecule has 0 saturated heterocycles. The second kappa shape index (κ2) is 6.00. The van der Waals surface area contributed by atoms with Crippen molar-refractivity contribution in [1.82, 2.24) is 5.23 Å². The van der Waals surface area contributed by atoms with Crippen molar-refractivity contribution in [1.29, 1.82) is 0 Å². The van der Waals surface area contributed by atoms with Crippen LogP contribution in [0.3, 0.4) is 0 Å². The van der Waals surface area contributed by atoms with E-state index in [4.69, 9.17) is 4.84 Å². The summed E-state index contributed by atoms with van der Waals surface area (Å²) in [6, 6.07) is 6.89. The molecule has 0 aliphatic rings. The zero-order valence-corrected chi connectivity index (χ0v) is 10.1. The number of aryl methyl sites for hydroxylation is 1. The van der Waals surface area contributed by atoms with Crippen LogP contribution in [0.1, 0.15) is 29.8 Å². The highest BCUT2D eigenvalue weighted by Crippen LogP contribution is 2.08. The molecule has 0 aliphatic carbocycles. The van der Waals surface area contributed by atoms with Crippen LogP contribution in [-0.2, 0) is 14.5 Å². The molecular formula is C12H15NO4. The average molecular weight is 237 g/mol. The quantitative estimate of drug-likeness (QED) is 0.753. The summed E-state index contributed by atoms with van der Waals surface area (Å²) in [4.78, 5) is 32.3. The van der Waals surface area contributed by atoms with Crippen molar-refractivity contribution in [2.75, 3.05) is 6.61 Å². The third kappa shape index (κ3) is 3.88. The van der Waals surface area contributed by atoms with Gasteiger partial charge in [0.1, 0.15) is 0 Å². The monoisotopic (exact) mass is 237 g/mol. The highest BCUT2D eigenvalue weighted by Gasteiger charge is 2.19. The number of amides is 1. The highest BCUT2D eigenvalue weighted by molar-refractivity contribution is 5.93. The summed E-state index contributed by atoms with van der Waals surface area (Å²) >= 11 is 0. The summed E-state index contributed by atoms with van der Waals surface area (Å²) in [7, 11) is 0. The molecule has 0 unspecified atom stereocenters. The Bertz CT molecular complexity index is 399. The second-order valence-corrected chi connectivity index (χ2v) is 3.43. The van der Waals surface area contributed by atoms with Crippen molar-refractivity contribution in [3.05, 3.63) is 35.4 Å². The van der Waals surface area contributed by atoms with Gasteiger partial charge in [0, 0.05) is 12.5 Å². The van der Waals surface area contributed by atoms with E-state index in [9.17, 15) is 9.59 Å². The first-order valence-corrected chi connectivity index (χ1v) is 5.27. The van der Waals surface area contributed by atoms with Gasteiger partial charge in [0.2, 0.25) is 0 Å². The fraction of sp³-hybridized carbons (Fsp3) is 0.333. The van der Waals surface area contributed by atoms with Gasteiger partial charge in [0.05, 0.1) is 6.61 Å². The minimum absolute atomic E-state index is 0.227. The van der Waals surface area contributed by atoms with E-state index < -0.39 is 11.9 Å². The van der Waals surface area contributed by atoms with Gasteiger partial charge in [0.15, 0.2) is 0 Å². The van der Waals surface area contributed by atoms with E-state index in [-0.39, 0.29) is 6.61 Å². The molecule has 0 spiro atoms. The zero-order valence-electron chi connectivity index (χ0n) is 10.1. The van der Waals surface area contributed by atoms with E-state index in [0.29, 0.717) is 10.8 Å². The molecule has 1 amide bonds. The van der Waals surface area contributed by atoms with Crippen molar-refractivity contribution < 1.29 is 19.3 Å². The molecule has 0 aromatic heterocycles. The van der Waals surface area contributed by atoms with Crippen LogP contribution in [0.4, 0.5) is 0 Å². The van der Waals surface area contributed by atoms with Crippen LogP contribution in [0.5, 0.6) is 0 Å². The maximum atomic E-state index is 11.9. The van der Waals surface area contributed by atoms with E-state index in [0.717, 1.165) is 5.56 Å². The first-order chi connectivity index (χ1) is 8.04. The van der Waals surface area contributed by atoms with Crippen LogP contribution >= 0.6 is 0 Å².